The number of hydrogen-bond donors (Lipinski definition) is 2. The predicted octanol–water partition coefficient (Wildman–Crippen LogP) is 4.13. The molecule has 6 nitrogen and oxygen atoms in total. The Bertz CT molecular complexity index is 836. The molecule has 2 aliphatic rings. The number of carbonyl (C=O) groups is 1. The van der Waals surface area contributed by atoms with Crippen LogP contribution in [0.3, 0.4) is 0 Å². The van der Waals surface area contributed by atoms with E-state index >= 15 is 0 Å². The number of urea groups is 1. The van der Waals surface area contributed by atoms with Crippen LogP contribution in [0.1, 0.15) is 56.9 Å². The highest BCUT2D eigenvalue weighted by Gasteiger charge is 2.34. The molecule has 1 aromatic carbocycles. The van der Waals surface area contributed by atoms with Gasteiger partial charge in [0.25, 0.3) is 0 Å². The van der Waals surface area contributed by atoms with Crippen LogP contribution >= 0.6 is 0 Å². The topological polar surface area (TPSA) is 78.5 Å². The molecule has 1 atom stereocenters. The highest BCUT2D eigenvalue weighted by atomic mass is 32.2. The zero-order valence-electron chi connectivity index (χ0n) is 17.5. The first-order valence-corrected chi connectivity index (χ1v) is 12.3. The number of benzene rings is 1. The van der Waals surface area contributed by atoms with E-state index in [0.717, 1.165) is 49.9 Å². The van der Waals surface area contributed by atoms with Crippen molar-refractivity contribution < 1.29 is 26.4 Å². The molecule has 1 heterocycles. The number of amides is 2. The monoisotopic (exact) mass is 461 g/mol. The molecule has 1 aliphatic carbocycles. The number of nitrogens with zero attached hydrogens (tertiary/aromatic N) is 1. The van der Waals surface area contributed by atoms with Crippen molar-refractivity contribution in [2.45, 2.75) is 68.5 Å². The molecule has 1 unspecified atom stereocenters. The average Bonchev–Trinajstić information content (AvgIpc) is 3.18. The van der Waals surface area contributed by atoms with Gasteiger partial charge in [0, 0.05) is 25.7 Å². The van der Waals surface area contributed by atoms with Crippen LogP contribution in [0.5, 0.6) is 0 Å². The fourth-order valence-corrected chi connectivity index (χ4v) is 5.75. The minimum absolute atomic E-state index is 0.0349. The number of hydrogen-bond acceptors (Lipinski definition) is 3. The lowest BCUT2D eigenvalue weighted by molar-refractivity contribution is -0.137. The zero-order chi connectivity index (χ0) is 22.5. The number of rotatable bonds is 5. The van der Waals surface area contributed by atoms with E-state index in [2.05, 4.69) is 10.6 Å². The van der Waals surface area contributed by atoms with Crippen molar-refractivity contribution in [1.82, 2.24) is 14.9 Å². The number of sulfonamides is 1. The van der Waals surface area contributed by atoms with Crippen LogP contribution in [0.15, 0.2) is 29.2 Å². The molecule has 0 radical (unpaired) electrons. The number of alkyl halides is 3. The van der Waals surface area contributed by atoms with E-state index in [9.17, 15) is 26.4 Å². The van der Waals surface area contributed by atoms with E-state index in [1.54, 1.807) is 0 Å². The van der Waals surface area contributed by atoms with Crippen molar-refractivity contribution in [3.8, 4) is 0 Å². The number of halogens is 3. The first-order chi connectivity index (χ1) is 14.7. The Morgan fingerprint density at radius 1 is 1.00 bits per heavy atom. The van der Waals surface area contributed by atoms with Crippen molar-refractivity contribution >= 4 is 16.1 Å². The lowest BCUT2D eigenvalue weighted by Crippen LogP contribution is -2.44. The second-order valence-corrected chi connectivity index (χ2v) is 10.4. The maximum absolute atomic E-state index is 12.7. The van der Waals surface area contributed by atoms with E-state index in [4.69, 9.17) is 0 Å². The van der Waals surface area contributed by atoms with Crippen LogP contribution in [0.4, 0.5) is 18.0 Å². The van der Waals surface area contributed by atoms with Gasteiger partial charge in [-0.25, -0.2) is 13.2 Å². The molecule has 1 aromatic rings. The van der Waals surface area contributed by atoms with Gasteiger partial charge >= 0.3 is 12.2 Å². The Morgan fingerprint density at radius 2 is 1.61 bits per heavy atom. The maximum atomic E-state index is 12.7. The van der Waals surface area contributed by atoms with Crippen LogP contribution in [0.25, 0.3) is 0 Å². The quantitative estimate of drug-likeness (QED) is 0.692. The molecule has 0 aromatic heterocycles. The molecule has 2 N–H and O–H groups in total. The summed E-state index contributed by atoms with van der Waals surface area (Å²) < 4.78 is 64.9. The van der Waals surface area contributed by atoms with Gasteiger partial charge in [0.05, 0.1) is 10.5 Å². The van der Waals surface area contributed by atoms with E-state index in [-0.39, 0.29) is 36.0 Å². The van der Waals surface area contributed by atoms with E-state index in [1.807, 2.05) is 0 Å². The zero-order valence-corrected chi connectivity index (χ0v) is 18.3. The first kappa shape index (κ1) is 23.8. The van der Waals surface area contributed by atoms with Crippen LogP contribution in [-0.4, -0.2) is 44.4 Å². The molecule has 2 amide bonds. The Morgan fingerprint density at radius 3 is 2.23 bits per heavy atom. The SMILES string of the molecule is O=C(NCC1CCN(S(=O)(=O)c2ccc(C(F)(F)F)cc2)C1)NC1CCCCCCC1. The Kier molecular flexibility index (Phi) is 7.85. The molecule has 0 spiro atoms. The molecular formula is C21H30F3N3O3S. The van der Waals surface area contributed by atoms with Gasteiger partial charge < -0.3 is 10.6 Å². The van der Waals surface area contributed by atoms with E-state index < -0.39 is 21.8 Å². The molecule has 3 rings (SSSR count). The van der Waals surface area contributed by atoms with Crippen molar-refractivity contribution in [3.63, 3.8) is 0 Å². The van der Waals surface area contributed by atoms with Crippen molar-refractivity contribution in [2.75, 3.05) is 19.6 Å². The molecule has 1 aliphatic heterocycles. The van der Waals surface area contributed by atoms with E-state index in [1.165, 1.54) is 23.6 Å². The minimum Gasteiger partial charge on any atom is -0.338 e. The third kappa shape index (κ3) is 6.58. The Balaban J connectivity index is 1.48. The van der Waals surface area contributed by atoms with Crippen molar-refractivity contribution in [3.05, 3.63) is 29.8 Å². The molecule has 1 saturated heterocycles. The normalized spacial score (nSPS) is 22.0. The molecule has 0 bridgehead atoms. The molecule has 31 heavy (non-hydrogen) atoms. The van der Waals surface area contributed by atoms with Crippen molar-refractivity contribution in [1.29, 1.82) is 0 Å². The summed E-state index contributed by atoms with van der Waals surface area (Å²) in [4.78, 5) is 12.1. The van der Waals surface area contributed by atoms with Crippen LogP contribution < -0.4 is 10.6 Å². The Hall–Kier alpha value is -1.81. The lowest BCUT2D eigenvalue weighted by Gasteiger charge is -2.22. The number of nitrogens with one attached hydrogen (secondary N) is 2. The summed E-state index contributed by atoms with van der Waals surface area (Å²) in [6, 6.07) is 3.50. The van der Waals surface area contributed by atoms with Crippen LogP contribution in [0.2, 0.25) is 0 Å². The standard InChI is InChI=1S/C21H30F3N3O3S/c22-21(23,24)17-8-10-19(11-9-17)31(29,30)27-13-12-16(15-27)14-25-20(28)26-18-6-4-2-1-3-5-7-18/h8-11,16,18H,1-7,12-15H2,(H2,25,26,28). The summed E-state index contributed by atoms with van der Waals surface area (Å²) in [6.45, 7) is 0.866. The van der Waals surface area contributed by atoms with Gasteiger partial charge in [-0.1, -0.05) is 32.1 Å². The first-order valence-electron chi connectivity index (χ1n) is 10.9. The second-order valence-electron chi connectivity index (χ2n) is 8.44. The summed E-state index contributed by atoms with van der Waals surface area (Å²) in [6.07, 6.45) is 3.93. The number of carbonyl (C=O) groups excluding carboxylic acids is 1. The maximum Gasteiger partial charge on any atom is 0.416 e. The van der Waals surface area contributed by atoms with Crippen LogP contribution in [-0.2, 0) is 16.2 Å². The Labute approximate surface area is 181 Å². The largest absolute Gasteiger partial charge is 0.416 e. The van der Waals surface area contributed by atoms with Gasteiger partial charge in [0.1, 0.15) is 0 Å². The predicted molar refractivity (Wildman–Crippen MR) is 111 cm³/mol. The summed E-state index contributed by atoms with van der Waals surface area (Å²) in [5.41, 5.74) is -0.884. The molecular weight excluding hydrogens is 431 g/mol. The second kappa shape index (κ2) is 10.2. The highest BCUT2D eigenvalue weighted by molar-refractivity contribution is 7.89. The molecule has 2 fully saturated rings. The fraction of sp³-hybridized carbons (Fsp3) is 0.667. The summed E-state index contributed by atoms with van der Waals surface area (Å²) in [7, 11) is -3.86. The van der Waals surface area contributed by atoms with Crippen LogP contribution in [0, 0.1) is 5.92 Å². The smallest absolute Gasteiger partial charge is 0.338 e. The van der Waals surface area contributed by atoms with Gasteiger partial charge in [-0.3, -0.25) is 0 Å². The fourth-order valence-electron chi connectivity index (χ4n) is 4.22. The molecule has 10 heteroatoms. The molecule has 174 valence electrons. The third-order valence-corrected chi connectivity index (χ3v) is 7.94. The van der Waals surface area contributed by atoms with Gasteiger partial charge in [-0.2, -0.15) is 17.5 Å². The summed E-state index contributed by atoms with van der Waals surface area (Å²) >= 11 is 0. The minimum atomic E-state index is -4.51. The average molecular weight is 462 g/mol. The van der Waals surface area contributed by atoms with Gasteiger partial charge in [0.15, 0.2) is 0 Å². The molecule has 1 saturated carbocycles. The highest BCUT2D eigenvalue weighted by Crippen LogP contribution is 2.31. The van der Waals surface area contributed by atoms with Gasteiger partial charge in [-0.15, -0.1) is 0 Å². The van der Waals surface area contributed by atoms with Gasteiger partial charge in [0.2, 0.25) is 10.0 Å². The summed E-state index contributed by atoms with van der Waals surface area (Å²) in [5, 5.41) is 5.87. The van der Waals surface area contributed by atoms with Crippen molar-refractivity contribution in [2.24, 2.45) is 5.92 Å². The lowest BCUT2D eigenvalue weighted by atomic mass is 9.97. The third-order valence-electron chi connectivity index (χ3n) is 6.06. The van der Waals surface area contributed by atoms with Gasteiger partial charge in [-0.05, 0) is 49.4 Å². The van der Waals surface area contributed by atoms with E-state index in [0.29, 0.717) is 13.0 Å². The summed E-state index contributed by atoms with van der Waals surface area (Å²) in [5.74, 6) is -0.0349.